The fourth-order valence-corrected chi connectivity index (χ4v) is 2.07. The first-order valence-electron chi connectivity index (χ1n) is 6.69. The van der Waals surface area contributed by atoms with Crippen LogP contribution in [-0.2, 0) is 6.54 Å². The number of pyridine rings is 1. The zero-order valence-corrected chi connectivity index (χ0v) is 11.6. The van der Waals surface area contributed by atoms with Crippen LogP contribution in [-0.4, -0.2) is 11.5 Å². The highest BCUT2D eigenvalue weighted by atomic mass is 15.2. The summed E-state index contributed by atoms with van der Waals surface area (Å²) in [6.07, 6.45) is 2.63. The summed E-state index contributed by atoms with van der Waals surface area (Å²) in [4.78, 5) is 6.53. The highest BCUT2D eigenvalue weighted by molar-refractivity contribution is 5.50. The van der Waals surface area contributed by atoms with Gasteiger partial charge in [-0.1, -0.05) is 25.1 Å². The average Bonchev–Trinajstić information content (AvgIpc) is 2.49. The van der Waals surface area contributed by atoms with Gasteiger partial charge in [-0.2, -0.15) is 5.26 Å². The van der Waals surface area contributed by atoms with Crippen LogP contribution in [0.5, 0.6) is 0 Å². The molecular weight excluding hydrogens is 248 g/mol. The maximum Gasteiger partial charge on any atom is 0.128 e. The molecule has 0 amide bonds. The maximum atomic E-state index is 8.82. The smallest absolute Gasteiger partial charge is 0.128 e. The Labute approximate surface area is 119 Å². The minimum absolute atomic E-state index is 0.574. The fraction of sp³-hybridized carbons (Fsp3) is 0.250. The zero-order valence-electron chi connectivity index (χ0n) is 11.6. The lowest BCUT2D eigenvalue weighted by molar-refractivity contribution is 0.755. The number of anilines is 2. The Kier molecular flexibility index (Phi) is 4.56. The van der Waals surface area contributed by atoms with Crippen molar-refractivity contribution in [2.45, 2.75) is 19.9 Å². The van der Waals surface area contributed by atoms with Crippen LogP contribution >= 0.6 is 0 Å². The van der Waals surface area contributed by atoms with Gasteiger partial charge >= 0.3 is 0 Å². The van der Waals surface area contributed by atoms with Crippen LogP contribution in [0, 0.1) is 11.3 Å². The molecule has 0 aliphatic rings. The molecule has 0 spiro atoms. The molecule has 0 saturated carbocycles. The van der Waals surface area contributed by atoms with Gasteiger partial charge in [0, 0.05) is 25.0 Å². The monoisotopic (exact) mass is 266 g/mol. The Morgan fingerprint density at radius 3 is 2.65 bits per heavy atom. The Morgan fingerprint density at radius 1 is 1.25 bits per heavy atom. The Balaban J connectivity index is 2.22. The number of nitriles is 1. The van der Waals surface area contributed by atoms with Gasteiger partial charge in [0.1, 0.15) is 11.9 Å². The minimum atomic E-state index is 0.574. The van der Waals surface area contributed by atoms with Gasteiger partial charge < -0.3 is 10.6 Å². The first-order valence-corrected chi connectivity index (χ1v) is 6.69. The van der Waals surface area contributed by atoms with Crippen molar-refractivity contribution in [2.24, 2.45) is 0 Å². The van der Waals surface area contributed by atoms with Gasteiger partial charge in [-0.25, -0.2) is 4.98 Å². The molecule has 102 valence electrons. The number of para-hydroxylation sites is 1. The van der Waals surface area contributed by atoms with Crippen LogP contribution in [0.2, 0.25) is 0 Å². The number of rotatable bonds is 5. The van der Waals surface area contributed by atoms with Crippen molar-refractivity contribution >= 4 is 11.5 Å². The van der Waals surface area contributed by atoms with E-state index < -0.39 is 0 Å². The lowest BCUT2D eigenvalue weighted by atomic mass is 10.1. The molecule has 0 aliphatic heterocycles. The van der Waals surface area contributed by atoms with Crippen LogP contribution in [0.1, 0.15) is 24.5 Å². The highest BCUT2D eigenvalue weighted by Gasteiger charge is 2.09. The molecule has 0 radical (unpaired) electrons. The molecule has 2 aromatic rings. The third-order valence-corrected chi connectivity index (χ3v) is 3.11. The molecule has 1 aromatic carbocycles. The van der Waals surface area contributed by atoms with Gasteiger partial charge in [-0.15, -0.1) is 0 Å². The Bertz CT molecular complexity index is 599. The fourth-order valence-electron chi connectivity index (χ4n) is 2.07. The van der Waals surface area contributed by atoms with Crippen LogP contribution in [0.4, 0.5) is 11.5 Å². The molecule has 1 heterocycles. The summed E-state index contributed by atoms with van der Waals surface area (Å²) in [6.45, 7) is 3.75. The van der Waals surface area contributed by atoms with Crippen molar-refractivity contribution < 1.29 is 0 Å². The lowest BCUT2D eigenvalue weighted by Gasteiger charge is -2.24. The van der Waals surface area contributed by atoms with E-state index >= 15 is 0 Å². The van der Waals surface area contributed by atoms with Crippen molar-refractivity contribution in [1.82, 2.24) is 4.98 Å². The van der Waals surface area contributed by atoms with Crippen molar-refractivity contribution in [3.8, 4) is 6.07 Å². The Morgan fingerprint density at radius 2 is 2.05 bits per heavy atom. The number of nitrogens with two attached hydrogens (primary N) is 1. The SMILES string of the molecule is CCCN(Cc1ccccc1N)c1ccc(C#N)cn1. The number of benzene rings is 1. The molecule has 2 N–H and O–H groups in total. The Hall–Kier alpha value is -2.54. The summed E-state index contributed by atoms with van der Waals surface area (Å²) in [5.74, 6) is 0.870. The van der Waals surface area contributed by atoms with Gasteiger partial charge in [0.05, 0.1) is 5.56 Å². The largest absolute Gasteiger partial charge is 0.398 e. The summed E-state index contributed by atoms with van der Waals surface area (Å²) in [7, 11) is 0. The van der Waals surface area contributed by atoms with Gasteiger partial charge in [-0.3, -0.25) is 0 Å². The molecule has 2 rings (SSSR count). The van der Waals surface area contributed by atoms with Crippen molar-refractivity contribution in [3.05, 3.63) is 53.7 Å². The third-order valence-electron chi connectivity index (χ3n) is 3.11. The molecule has 4 nitrogen and oxygen atoms in total. The lowest BCUT2D eigenvalue weighted by Crippen LogP contribution is -2.24. The zero-order chi connectivity index (χ0) is 14.4. The van der Waals surface area contributed by atoms with E-state index in [0.717, 1.165) is 36.6 Å². The predicted molar refractivity (Wildman–Crippen MR) is 81.1 cm³/mol. The third kappa shape index (κ3) is 3.27. The van der Waals surface area contributed by atoms with E-state index in [1.54, 1.807) is 12.3 Å². The van der Waals surface area contributed by atoms with E-state index in [0.29, 0.717) is 5.56 Å². The molecule has 0 bridgehead atoms. The highest BCUT2D eigenvalue weighted by Crippen LogP contribution is 2.18. The van der Waals surface area contributed by atoms with E-state index in [-0.39, 0.29) is 0 Å². The second-order valence-corrected chi connectivity index (χ2v) is 4.64. The summed E-state index contributed by atoms with van der Waals surface area (Å²) in [6, 6.07) is 13.6. The average molecular weight is 266 g/mol. The van der Waals surface area contributed by atoms with E-state index in [4.69, 9.17) is 11.0 Å². The summed E-state index contributed by atoms with van der Waals surface area (Å²) in [5, 5.41) is 8.82. The molecule has 20 heavy (non-hydrogen) atoms. The van der Waals surface area contributed by atoms with Gasteiger partial charge in [-0.05, 0) is 30.2 Å². The van der Waals surface area contributed by atoms with E-state index in [9.17, 15) is 0 Å². The molecule has 0 atom stereocenters. The maximum absolute atomic E-state index is 8.82. The van der Waals surface area contributed by atoms with Gasteiger partial charge in [0.25, 0.3) is 0 Å². The van der Waals surface area contributed by atoms with E-state index in [2.05, 4.69) is 22.9 Å². The molecule has 0 aliphatic carbocycles. The summed E-state index contributed by atoms with van der Waals surface area (Å²) in [5.41, 5.74) is 8.46. The molecule has 0 unspecified atom stereocenters. The molecule has 0 saturated heterocycles. The molecule has 1 aromatic heterocycles. The number of hydrogen-bond donors (Lipinski definition) is 1. The normalized spacial score (nSPS) is 10.0. The summed E-state index contributed by atoms with van der Waals surface area (Å²) >= 11 is 0. The van der Waals surface area contributed by atoms with E-state index in [1.807, 2.05) is 30.3 Å². The van der Waals surface area contributed by atoms with Gasteiger partial charge in [0.2, 0.25) is 0 Å². The van der Waals surface area contributed by atoms with Crippen molar-refractivity contribution in [2.75, 3.05) is 17.2 Å². The van der Waals surface area contributed by atoms with Crippen molar-refractivity contribution in [3.63, 3.8) is 0 Å². The van der Waals surface area contributed by atoms with Crippen LogP contribution in [0.3, 0.4) is 0 Å². The summed E-state index contributed by atoms with van der Waals surface area (Å²) < 4.78 is 0. The molecular formula is C16H18N4. The first kappa shape index (κ1) is 13.9. The van der Waals surface area contributed by atoms with E-state index in [1.165, 1.54) is 0 Å². The topological polar surface area (TPSA) is 65.9 Å². The predicted octanol–water partition coefficient (Wildman–Crippen LogP) is 2.95. The number of nitrogen functional groups attached to an aromatic ring is 1. The van der Waals surface area contributed by atoms with Crippen LogP contribution < -0.4 is 10.6 Å². The number of nitrogens with zero attached hydrogens (tertiary/aromatic N) is 3. The van der Waals surface area contributed by atoms with Crippen LogP contribution in [0.15, 0.2) is 42.6 Å². The quantitative estimate of drug-likeness (QED) is 0.845. The minimum Gasteiger partial charge on any atom is -0.398 e. The standard InChI is InChI=1S/C16H18N4/c1-2-9-20(12-14-5-3-4-6-15(14)18)16-8-7-13(10-17)11-19-16/h3-8,11H,2,9,12,18H2,1H3. The second-order valence-electron chi connectivity index (χ2n) is 4.64. The number of hydrogen-bond acceptors (Lipinski definition) is 4. The van der Waals surface area contributed by atoms with Crippen LogP contribution in [0.25, 0.3) is 0 Å². The second kappa shape index (κ2) is 6.58. The van der Waals surface area contributed by atoms with Gasteiger partial charge in [0.15, 0.2) is 0 Å². The molecule has 4 heteroatoms. The van der Waals surface area contributed by atoms with Crippen molar-refractivity contribution in [1.29, 1.82) is 5.26 Å². The number of aromatic nitrogens is 1. The molecule has 0 fully saturated rings. The first-order chi connectivity index (χ1) is 9.74.